The molecule has 0 spiro atoms. The van der Waals surface area contributed by atoms with Crippen LogP contribution in [-0.4, -0.2) is 17.4 Å². The summed E-state index contributed by atoms with van der Waals surface area (Å²) in [6, 6.07) is 11.6. The fourth-order valence-corrected chi connectivity index (χ4v) is 4.38. The zero-order chi connectivity index (χ0) is 15.4. The molecule has 21 heavy (non-hydrogen) atoms. The van der Waals surface area contributed by atoms with Crippen molar-refractivity contribution in [1.82, 2.24) is 0 Å². The average Bonchev–Trinajstić information content (AvgIpc) is 2.59. The number of rotatable bonds is 2. The number of carbonyl (C=O) groups is 2. The van der Waals surface area contributed by atoms with Crippen LogP contribution in [0.5, 0.6) is 0 Å². The number of esters is 1. The zero-order valence-electron chi connectivity index (χ0n) is 12.3. The van der Waals surface area contributed by atoms with Crippen LogP contribution < -0.4 is 0 Å². The van der Waals surface area contributed by atoms with E-state index in [1.54, 1.807) is 0 Å². The second kappa shape index (κ2) is 4.17. The van der Waals surface area contributed by atoms with Gasteiger partial charge in [0, 0.05) is 17.3 Å². The molecule has 4 heteroatoms. The molecule has 2 aliphatic rings. The van der Waals surface area contributed by atoms with Gasteiger partial charge in [-0.3, -0.25) is 9.59 Å². The Balaban J connectivity index is 2.15. The first kappa shape index (κ1) is 13.8. The summed E-state index contributed by atoms with van der Waals surface area (Å²) >= 11 is 0. The summed E-state index contributed by atoms with van der Waals surface area (Å²) in [6.45, 7) is 5.21. The van der Waals surface area contributed by atoms with E-state index < -0.39 is 22.9 Å². The van der Waals surface area contributed by atoms with Crippen LogP contribution in [0.15, 0.2) is 30.3 Å². The highest BCUT2D eigenvalue weighted by Crippen LogP contribution is 2.71. The standard InChI is InChI=1S/C17H17NO3/c1-10(19)13-14(11-7-5-4-6-8-11)17(3)16(13,2)12(9-18)15(20)21-17/h4-8,12-14H,1-3H3. The lowest BCUT2D eigenvalue weighted by Gasteiger charge is -2.61. The lowest BCUT2D eigenvalue weighted by Crippen LogP contribution is -2.67. The van der Waals surface area contributed by atoms with Gasteiger partial charge in [0.25, 0.3) is 0 Å². The van der Waals surface area contributed by atoms with Crippen molar-refractivity contribution in [3.05, 3.63) is 35.9 Å². The van der Waals surface area contributed by atoms with E-state index in [1.807, 2.05) is 50.2 Å². The van der Waals surface area contributed by atoms with E-state index in [1.165, 1.54) is 6.92 Å². The smallest absolute Gasteiger partial charge is 0.324 e. The maximum Gasteiger partial charge on any atom is 0.324 e. The Morgan fingerprint density at radius 1 is 1.29 bits per heavy atom. The van der Waals surface area contributed by atoms with E-state index in [0.29, 0.717) is 0 Å². The first-order valence-electron chi connectivity index (χ1n) is 7.05. The maximum absolute atomic E-state index is 12.2. The molecule has 3 rings (SSSR count). The summed E-state index contributed by atoms with van der Waals surface area (Å²) in [5, 5.41) is 9.33. The minimum absolute atomic E-state index is 0.00220. The topological polar surface area (TPSA) is 67.2 Å². The zero-order valence-corrected chi connectivity index (χ0v) is 12.3. The summed E-state index contributed by atoms with van der Waals surface area (Å²) in [5.74, 6) is -1.95. The molecule has 0 amide bonds. The second-order valence-electron chi connectivity index (χ2n) is 6.35. The number of ether oxygens (including phenoxy) is 1. The highest BCUT2D eigenvalue weighted by Gasteiger charge is 2.79. The van der Waals surface area contributed by atoms with Gasteiger partial charge in [0.1, 0.15) is 11.4 Å². The lowest BCUT2D eigenvalue weighted by atomic mass is 9.40. The van der Waals surface area contributed by atoms with Crippen LogP contribution >= 0.6 is 0 Å². The fraction of sp³-hybridized carbons (Fsp3) is 0.471. The molecule has 1 aliphatic carbocycles. The number of fused-ring (bicyclic) bond motifs is 1. The van der Waals surface area contributed by atoms with E-state index in [4.69, 9.17) is 4.74 Å². The Morgan fingerprint density at radius 2 is 1.90 bits per heavy atom. The van der Waals surface area contributed by atoms with Crippen molar-refractivity contribution in [2.75, 3.05) is 0 Å². The molecule has 1 saturated carbocycles. The van der Waals surface area contributed by atoms with Gasteiger partial charge in [0.15, 0.2) is 5.92 Å². The minimum Gasteiger partial charge on any atom is -0.457 e. The summed E-state index contributed by atoms with van der Waals surface area (Å²) in [4.78, 5) is 24.3. The highest BCUT2D eigenvalue weighted by atomic mass is 16.6. The molecule has 5 unspecified atom stereocenters. The molecule has 0 N–H and O–H groups in total. The van der Waals surface area contributed by atoms with Crippen molar-refractivity contribution in [2.45, 2.75) is 32.3 Å². The third-order valence-corrected chi connectivity index (χ3v) is 5.52. The number of carbonyl (C=O) groups excluding carboxylic acids is 2. The van der Waals surface area contributed by atoms with Crippen molar-refractivity contribution >= 4 is 11.8 Å². The Labute approximate surface area is 123 Å². The molecule has 0 bridgehead atoms. The molecule has 1 aromatic rings. The Bertz CT molecular complexity index is 662. The first-order valence-corrected chi connectivity index (χ1v) is 7.05. The van der Waals surface area contributed by atoms with Gasteiger partial charge < -0.3 is 4.74 Å². The van der Waals surface area contributed by atoms with Gasteiger partial charge in [-0.2, -0.15) is 5.26 Å². The monoisotopic (exact) mass is 283 g/mol. The predicted molar refractivity (Wildman–Crippen MR) is 75.1 cm³/mol. The molecule has 4 nitrogen and oxygen atoms in total. The number of benzene rings is 1. The van der Waals surface area contributed by atoms with Crippen LogP contribution in [0.4, 0.5) is 0 Å². The summed E-state index contributed by atoms with van der Waals surface area (Å²) in [6.07, 6.45) is 0. The molecular weight excluding hydrogens is 266 g/mol. The van der Waals surface area contributed by atoms with Gasteiger partial charge in [-0.15, -0.1) is 0 Å². The number of hydrogen-bond donors (Lipinski definition) is 0. The van der Waals surface area contributed by atoms with Crippen LogP contribution in [0.1, 0.15) is 32.3 Å². The normalized spacial score (nSPS) is 40.7. The van der Waals surface area contributed by atoms with Crippen molar-refractivity contribution in [3.63, 3.8) is 0 Å². The van der Waals surface area contributed by atoms with Crippen molar-refractivity contribution in [2.24, 2.45) is 17.3 Å². The molecule has 0 radical (unpaired) electrons. The van der Waals surface area contributed by atoms with Gasteiger partial charge in [-0.1, -0.05) is 37.3 Å². The number of nitrogens with zero attached hydrogens (tertiary/aromatic N) is 1. The van der Waals surface area contributed by atoms with Crippen LogP contribution in [-0.2, 0) is 14.3 Å². The number of hydrogen-bond acceptors (Lipinski definition) is 4. The largest absolute Gasteiger partial charge is 0.457 e. The molecule has 1 aliphatic heterocycles. The van der Waals surface area contributed by atoms with Crippen molar-refractivity contribution < 1.29 is 14.3 Å². The van der Waals surface area contributed by atoms with Gasteiger partial charge in [-0.25, -0.2) is 0 Å². The maximum atomic E-state index is 12.2. The van der Waals surface area contributed by atoms with E-state index in [9.17, 15) is 14.9 Å². The number of ketones is 1. The molecule has 1 saturated heterocycles. The Hall–Kier alpha value is -2.15. The molecule has 1 heterocycles. The fourth-order valence-electron chi connectivity index (χ4n) is 4.38. The van der Waals surface area contributed by atoms with Gasteiger partial charge in [0.05, 0.1) is 6.07 Å². The van der Waals surface area contributed by atoms with E-state index in [2.05, 4.69) is 0 Å². The van der Waals surface area contributed by atoms with Crippen molar-refractivity contribution in [1.29, 1.82) is 5.26 Å². The first-order chi connectivity index (χ1) is 9.88. The van der Waals surface area contributed by atoms with Crippen LogP contribution in [0.2, 0.25) is 0 Å². The minimum atomic E-state index is -0.878. The molecule has 108 valence electrons. The van der Waals surface area contributed by atoms with Crippen molar-refractivity contribution in [3.8, 4) is 6.07 Å². The van der Waals surface area contributed by atoms with E-state index in [-0.39, 0.29) is 17.6 Å². The van der Waals surface area contributed by atoms with Crippen LogP contribution in [0.25, 0.3) is 0 Å². The third-order valence-electron chi connectivity index (χ3n) is 5.52. The number of Topliss-reactive ketones (excluding diaryl/α,β-unsaturated/α-hetero) is 1. The molecule has 0 aromatic heterocycles. The average molecular weight is 283 g/mol. The summed E-state index contributed by atoms with van der Waals surface area (Å²) in [7, 11) is 0. The summed E-state index contributed by atoms with van der Waals surface area (Å²) < 4.78 is 5.59. The summed E-state index contributed by atoms with van der Waals surface area (Å²) in [5.41, 5.74) is -0.586. The molecule has 5 atom stereocenters. The van der Waals surface area contributed by atoms with Gasteiger partial charge >= 0.3 is 5.97 Å². The Morgan fingerprint density at radius 3 is 2.43 bits per heavy atom. The number of nitriles is 1. The van der Waals surface area contributed by atoms with Gasteiger partial charge in [0.2, 0.25) is 0 Å². The van der Waals surface area contributed by atoms with E-state index in [0.717, 1.165) is 5.56 Å². The predicted octanol–water partition coefficient (Wildman–Crippen LogP) is 2.45. The third kappa shape index (κ3) is 1.44. The molecule has 1 aromatic carbocycles. The Kier molecular flexibility index (Phi) is 2.75. The van der Waals surface area contributed by atoms with Gasteiger partial charge in [-0.05, 0) is 19.4 Å². The molecular formula is C17H17NO3. The van der Waals surface area contributed by atoms with E-state index >= 15 is 0 Å². The SMILES string of the molecule is CC(=O)C1C(c2ccccc2)C2(C)OC(=O)C(C#N)C12C. The highest BCUT2D eigenvalue weighted by molar-refractivity contribution is 5.89. The second-order valence-corrected chi connectivity index (χ2v) is 6.35. The van der Waals surface area contributed by atoms with Crippen LogP contribution in [0.3, 0.4) is 0 Å². The molecule has 2 fully saturated rings. The lowest BCUT2D eigenvalue weighted by molar-refractivity contribution is -0.196. The van der Waals surface area contributed by atoms with Crippen LogP contribution in [0, 0.1) is 28.6 Å². The quantitative estimate of drug-likeness (QED) is 0.782.